The predicted octanol–water partition coefficient (Wildman–Crippen LogP) is 8.00. The van der Waals surface area contributed by atoms with Crippen LogP contribution in [0, 0.1) is 11.3 Å². The Kier molecular flexibility index (Phi) is 19.3. The van der Waals surface area contributed by atoms with Gasteiger partial charge in [0, 0.05) is 24.2 Å². The summed E-state index contributed by atoms with van der Waals surface area (Å²) in [5.74, 6) is 1.20. The van der Waals surface area contributed by atoms with Gasteiger partial charge in [-0.2, -0.15) is 5.26 Å². The van der Waals surface area contributed by atoms with E-state index in [1.54, 1.807) is 49.4 Å². The van der Waals surface area contributed by atoms with Crippen molar-refractivity contribution in [3.05, 3.63) is 144 Å². The highest BCUT2D eigenvalue weighted by atomic mass is 31.2. The normalized spacial score (nSPS) is 17.5. The molecule has 1 fully saturated rings. The summed E-state index contributed by atoms with van der Waals surface area (Å²) in [7, 11) is 1.39. The molecule has 1 saturated heterocycles. The first-order valence-electron chi connectivity index (χ1n) is 23.5. The van der Waals surface area contributed by atoms with Crippen LogP contribution in [0.15, 0.2) is 122 Å². The molecular formula is C52H63N8O10P. The summed E-state index contributed by atoms with van der Waals surface area (Å²) < 4.78 is 61.9. The van der Waals surface area contributed by atoms with Gasteiger partial charge in [-0.15, -0.1) is 0 Å². The molecule has 7 rings (SSSR count). The van der Waals surface area contributed by atoms with Crippen molar-refractivity contribution in [2.75, 3.05) is 65.9 Å². The Labute approximate surface area is 416 Å². The number of carbonyl (C=O) groups is 1. The first-order chi connectivity index (χ1) is 34.6. The minimum absolute atomic E-state index is 0.0260. The molecule has 6 aromatic rings. The van der Waals surface area contributed by atoms with Crippen LogP contribution in [0.5, 0.6) is 11.5 Å². The third kappa shape index (κ3) is 12.8. The average molecular weight is 991 g/mol. The van der Waals surface area contributed by atoms with Crippen molar-refractivity contribution in [3.8, 4) is 17.6 Å². The van der Waals surface area contributed by atoms with Crippen LogP contribution < -0.4 is 20.5 Å². The van der Waals surface area contributed by atoms with Gasteiger partial charge in [0.25, 0.3) is 14.4 Å². The molecule has 1 aliphatic rings. The number of anilines is 1. The van der Waals surface area contributed by atoms with Crippen LogP contribution in [0.1, 0.15) is 67.4 Å². The molecular weight excluding hydrogens is 928 g/mol. The van der Waals surface area contributed by atoms with E-state index in [1.807, 2.05) is 84.9 Å². The monoisotopic (exact) mass is 990 g/mol. The SMILES string of the molecule is COc1ccc(C(OC[C@H]2O[C@@H](n3cnc4c(NC(=O)c5ccccc5)ncnc43)C(OCOCCOCCN)[C@H]2OP(OCCC#N)N(C(C)C)C(C)C)(c2ccccc2)c2ccc(OC)cc2)cc1. The summed E-state index contributed by atoms with van der Waals surface area (Å²) >= 11 is 0. The van der Waals surface area contributed by atoms with Gasteiger partial charge in [0.05, 0.1) is 66.1 Å². The van der Waals surface area contributed by atoms with Crippen LogP contribution in [0.2, 0.25) is 0 Å². The van der Waals surface area contributed by atoms with Gasteiger partial charge in [0.2, 0.25) is 0 Å². The number of amides is 1. The fraction of sp³-hybridized carbons (Fsp3) is 0.404. The van der Waals surface area contributed by atoms with E-state index >= 15 is 0 Å². The fourth-order valence-corrected chi connectivity index (χ4v) is 10.2. The number of rotatable bonds is 27. The molecule has 71 heavy (non-hydrogen) atoms. The second-order valence-electron chi connectivity index (χ2n) is 16.9. The number of nitriles is 1. The summed E-state index contributed by atoms with van der Waals surface area (Å²) in [6.07, 6.45) is -0.614. The van der Waals surface area contributed by atoms with E-state index < -0.39 is 38.7 Å². The van der Waals surface area contributed by atoms with E-state index in [4.69, 9.17) is 52.9 Å². The molecule has 5 atom stereocenters. The highest BCUT2D eigenvalue weighted by Crippen LogP contribution is 2.51. The lowest BCUT2D eigenvalue weighted by Crippen LogP contribution is -2.43. The van der Waals surface area contributed by atoms with Gasteiger partial charge in [-0.25, -0.2) is 19.6 Å². The number of imidazole rings is 1. The first kappa shape index (κ1) is 52.9. The highest BCUT2D eigenvalue weighted by molar-refractivity contribution is 7.44. The number of aromatic nitrogens is 4. The van der Waals surface area contributed by atoms with Gasteiger partial charge in [0.15, 0.2) is 23.2 Å². The number of nitrogens with one attached hydrogen (secondary N) is 1. The maximum Gasteiger partial charge on any atom is 0.259 e. The van der Waals surface area contributed by atoms with Crippen molar-refractivity contribution in [2.24, 2.45) is 5.73 Å². The second-order valence-corrected chi connectivity index (χ2v) is 18.3. The summed E-state index contributed by atoms with van der Waals surface area (Å²) in [4.78, 5) is 27.2. The number of ether oxygens (including phenoxy) is 7. The molecule has 0 radical (unpaired) electrons. The third-order valence-corrected chi connectivity index (χ3v) is 13.8. The van der Waals surface area contributed by atoms with Crippen LogP contribution in [-0.4, -0.2) is 121 Å². The van der Waals surface area contributed by atoms with Crippen LogP contribution in [-0.2, 0) is 38.3 Å². The van der Waals surface area contributed by atoms with Crippen LogP contribution >= 0.6 is 8.53 Å². The molecule has 2 aromatic heterocycles. The smallest absolute Gasteiger partial charge is 0.259 e. The van der Waals surface area contributed by atoms with E-state index in [9.17, 15) is 10.1 Å². The Hall–Kier alpha value is -5.94. The predicted molar refractivity (Wildman–Crippen MR) is 268 cm³/mol. The molecule has 0 aliphatic carbocycles. The zero-order valence-corrected chi connectivity index (χ0v) is 41.9. The summed E-state index contributed by atoms with van der Waals surface area (Å²) in [5.41, 5.74) is 8.01. The minimum Gasteiger partial charge on any atom is -0.497 e. The first-order valence-corrected chi connectivity index (χ1v) is 24.7. The van der Waals surface area contributed by atoms with Crippen molar-refractivity contribution in [1.29, 1.82) is 5.26 Å². The number of benzene rings is 4. The van der Waals surface area contributed by atoms with Crippen molar-refractivity contribution < 1.29 is 47.0 Å². The lowest BCUT2D eigenvalue weighted by Gasteiger charge is -2.39. The van der Waals surface area contributed by atoms with Gasteiger partial charge in [0.1, 0.15) is 48.5 Å². The number of carbonyl (C=O) groups excluding carboxylic acids is 1. The van der Waals surface area contributed by atoms with E-state index in [1.165, 1.54) is 6.33 Å². The van der Waals surface area contributed by atoms with Gasteiger partial charge in [-0.1, -0.05) is 72.8 Å². The highest BCUT2D eigenvalue weighted by Gasteiger charge is 2.52. The summed E-state index contributed by atoms with van der Waals surface area (Å²) in [6.45, 7) is 9.45. The standard InChI is InChI=1S/C52H63N8O10P/c1-36(2)60(37(3)4)71(68-28-13-26-53)70-46-44(32-67-52(39-16-11-8-12-17-39,40-18-22-42(62-5)23-19-40)41-20-24-43(63-6)25-21-41)69-51(47(46)66-35-65-31-30-64-29-27-54)59-34-57-45-48(55-33-56-49(45)59)58-50(61)38-14-9-7-10-15-38/h7-12,14-25,33-34,36-37,44,46-47,51H,13,27-32,35,54H2,1-6H3,(H,55,56,58,61)/t44-,46+,47?,51-,71?/m1/s1. The summed E-state index contributed by atoms with van der Waals surface area (Å²) in [5, 5.41) is 12.5. The van der Waals surface area contributed by atoms with Crippen LogP contribution in [0.4, 0.5) is 5.82 Å². The van der Waals surface area contributed by atoms with E-state index in [-0.39, 0.29) is 56.8 Å². The van der Waals surface area contributed by atoms with Crippen molar-refractivity contribution in [2.45, 2.75) is 76.3 Å². The maximum absolute atomic E-state index is 13.4. The maximum atomic E-state index is 13.4. The minimum atomic E-state index is -1.87. The number of methoxy groups -OCH3 is 2. The van der Waals surface area contributed by atoms with Crippen LogP contribution in [0.25, 0.3) is 11.2 Å². The molecule has 2 unspecified atom stereocenters. The Balaban J connectivity index is 1.35. The van der Waals surface area contributed by atoms with E-state index in [0.29, 0.717) is 48.0 Å². The second kappa shape index (κ2) is 26.0. The van der Waals surface area contributed by atoms with Gasteiger partial charge in [-0.3, -0.25) is 9.36 Å². The molecule has 3 heterocycles. The molecule has 3 N–H and O–H groups in total. The molecule has 376 valence electrons. The molecule has 19 heteroatoms. The topological polar surface area (TPSA) is 209 Å². The Bertz CT molecular complexity index is 2550. The molecule has 1 aliphatic heterocycles. The zero-order chi connectivity index (χ0) is 50.2. The van der Waals surface area contributed by atoms with Gasteiger partial charge >= 0.3 is 0 Å². The number of hydrogen-bond donors (Lipinski definition) is 2. The lowest BCUT2D eigenvalue weighted by atomic mass is 9.80. The Morgan fingerprint density at radius 2 is 1.44 bits per heavy atom. The lowest BCUT2D eigenvalue weighted by molar-refractivity contribution is -0.141. The molecule has 0 saturated carbocycles. The molecule has 0 spiro atoms. The van der Waals surface area contributed by atoms with Crippen LogP contribution in [0.3, 0.4) is 0 Å². The largest absolute Gasteiger partial charge is 0.497 e. The quantitative estimate of drug-likeness (QED) is 0.0217. The van der Waals surface area contributed by atoms with E-state index in [2.05, 4.69) is 53.7 Å². The molecule has 18 nitrogen and oxygen atoms in total. The van der Waals surface area contributed by atoms with Gasteiger partial charge in [-0.05, 0) is 80.8 Å². The average Bonchev–Trinajstić information content (AvgIpc) is 3.98. The third-order valence-electron chi connectivity index (χ3n) is 11.7. The fourth-order valence-electron chi connectivity index (χ4n) is 8.44. The van der Waals surface area contributed by atoms with E-state index in [0.717, 1.165) is 16.7 Å². The Morgan fingerprint density at radius 3 is 2.04 bits per heavy atom. The number of nitrogens with zero attached hydrogens (tertiary/aromatic N) is 6. The van der Waals surface area contributed by atoms with Crippen molar-refractivity contribution in [1.82, 2.24) is 24.2 Å². The number of hydrogen-bond acceptors (Lipinski definition) is 16. The van der Waals surface area contributed by atoms with Crippen molar-refractivity contribution in [3.63, 3.8) is 0 Å². The molecule has 1 amide bonds. The zero-order valence-electron chi connectivity index (χ0n) is 41.0. The molecule has 0 bridgehead atoms. The van der Waals surface area contributed by atoms with Crippen molar-refractivity contribution >= 4 is 31.4 Å². The number of nitrogens with two attached hydrogens (primary N) is 1. The molecule has 4 aromatic carbocycles. The van der Waals surface area contributed by atoms with Gasteiger partial charge < -0.3 is 53.3 Å². The summed E-state index contributed by atoms with van der Waals surface area (Å²) in [6, 6.07) is 36.5. The number of fused-ring (bicyclic) bond motifs is 1. The Morgan fingerprint density at radius 1 is 0.817 bits per heavy atom.